The lowest BCUT2D eigenvalue weighted by Gasteiger charge is -2.37. The van der Waals surface area contributed by atoms with E-state index in [2.05, 4.69) is 5.32 Å². The van der Waals surface area contributed by atoms with E-state index in [1.165, 1.54) is 5.56 Å². The summed E-state index contributed by atoms with van der Waals surface area (Å²) in [6, 6.07) is 8.29. The maximum atomic E-state index is 12.3. The van der Waals surface area contributed by atoms with Crippen LogP contribution in [0.15, 0.2) is 24.3 Å². The molecule has 0 aliphatic carbocycles. The zero-order valence-corrected chi connectivity index (χ0v) is 14.6. The van der Waals surface area contributed by atoms with E-state index >= 15 is 0 Å². The molecular weight excluding hydrogens is 304 g/mol. The molecule has 2 amide bonds. The van der Waals surface area contributed by atoms with Gasteiger partial charge in [0.25, 0.3) is 0 Å². The number of aryl methyl sites for hydroxylation is 2. The first kappa shape index (κ1) is 18.5. The van der Waals surface area contributed by atoms with E-state index in [4.69, 9.17) is 0 Å². The van der Waals surface area contributed by atoms with E-state index in [1.54, 1.807) is 4.90 Å². The van der Waals surface area contributed by atoms with Crippen molar-refractivity contribution >= 4 is 11.8 Å². The average molecular weight is 332 g/mol. The molecule has 5 nitrogen and oxygen atoms in total. The molecule has 24 heavy (non-hydrogen) atoms. The lowest BCUT2D eigenvalue weighted by Crippen LogP contribution is -2.49. The Hall–Kier alpha value is -1.88. The number of carbonyl (C=O) groups is 2. The standard InChI is InChI=1S/C19H28N2O3/c1-14-3-6-16(7-4-14)9-10-18(23)20-11-19(24)21-12-17(13-22)8-5-15(21)2/h3-4,6-7,15,17,22H,5,8-13H2,1-2H3,(H,20,23). The Labute approximate surface area is 144 Å². The molecule has 2 rings (SSSR count). The van der Waals surface area contributed by atoms with Crippen LogP contribution in [-0.4, -0.2) is 47.6 Å². The number of carbonyl (C=O) groups excluding carboxylic acids is 2. The smallest absolute Gasteiger partial charge is 0.242 e. The second-order valence-corrected chi connectivity index (χ2v) is 6.78. The second kappa shape index (κ2) is 8.83. The third kappa shape index (κ3) is 5.34. The second-order valence-electron chi connectivity index (χ2n) is 6.78. The van der Waals surface area contributed by atoms with Crippen molar-refractivity contribution in [2.45, 2.75) is 45.6 Å². The molecular formula is C19H28N2O3. The maximum Gasteiger partial charge on any atom is 0.242 e. The molecule has 1 aromatic rings. The molecule has 0 saturated carbocycles. The highest BCUT2D eigenvalue weighted by atomic mass is 16.3. The predicted octanol–water partition coefficient (Wildman–Crippen LogP) is 1.66. The van der Waals surface area contributed by atoms with E-state index in [0.29, 0.717) is 19.4 Å². The Morgan fingerprint density at radius 2 is 1.96 bits per heavy atom. The van der Waals surface area contributed by atoms with Gasteiger partial charge >= 0.3 is 0 Å². The van der Waals surface area contributed by atoms with Crippen LogP contribution in [0, 0.1) is 12.8 Å². The molecule has 5 heteroatoms. The van der Waals surface area contributed by atoms with Gasteiger partial charge in [0.2, 0.25) is 11.8 Å². The van der Waals surface area contributed by atoms with Gasteiger partial charge in [-0.2, -0.15) is 0 Å². The number of nitrogens with zero attached hydrogens (tertiary/aromatic N) is 1. The minimum absolute atomic E-state index is 0.0369. The van der Waals surface area contributed by atoms with Gasteiger partial charge in [-0.25, -0.2) is 0 Å². The largest absolute Gasteiger partial charge is 0.396 e. The molecule has 0 aromatic heterocycles. The third-order valence-electron chi connectivity index (χ3n) is 4.76. The maximum absolute atomic E-state index is 12.3. The van der Waals surface area contributed by atoms with Crippen molar-refractivity contribution in [1.82, 2.24) is 10.2 Å². The summed E-state index contributed by atoms with van der Waals surface area (Å²) in [5, 5.41) is 12.0. The summed E-state index contributed by atoms with van der Waals surface area (Å²) < 4.78 is 0. The number of rotatable bonds is 6. The zero-order valence-electron chi connectivity index (χ0n) is 14.6. The SMILES string of the molecule is Cc1ccc(CCC(=O)NCC(=O)N2CC(CO)CCC2C)cc1. The minimum Gasteiger partial charge on any atom is -0.396 e. The van der Waals surface area contributed by atoms with Gasteiger partial charge in [0, 0.05) is 25.6 Å². The highest BCUT2D eigenvalue weighted by Crippen LogP contribution is 2.21. The van der Waals surface area contributed by atoms with E-state index in [9.17, 15) is 14.7 Å². The number of hydrogen-bond donors (Lipinski definition) is 2. The molecule has 1 aliphatic heterocycles. The van der Waals surface area contributed by atoms with Crippen LogP contribution in [0.3, 0.4) is 0 Å². The average Bonchev–Trinajstić information content (AvgIpc) is 2.59. The van der Waals surface area contributed by atoms with Gasteiger partial charge < -0.3 is 15.3 Å². The number of hydrogen-bond acceptors (Lipinski definition) is 3. The van der Waals surface area contributed by atoms with Gasteiger partial charge in [0.15, 0.2) is 0 Å². The van der Waals surface area contributed by atoms with Crippen molar-refractivity contribution in [2.75, 3.05) is 19.7 Å². The van der Waals surface area contributed by atoms with Crippen molar-refractivity contribution < 1.29 is 14.7 Å². The van der Waals surface area contributed by atoms with E-state index in [1.807, 2.05) is 38.1 Å². The summed E-state index contributed by atoms with van der Waals surface area (Å²) in [7, 11) is 0. The van der Waals surface area contributed by atoms with Gasteiger partial charge in [0.1, 0.15) is 0 Å². The molecule has 0 spiro atoms. The highest BCUT2D eigenvalue weighted by molar-refractivity contribution is 5.85. The molecule has 2 N–H and O–H groups in total. The molecule has 0 bridgehead atoms. The van der Waals surface area contributed by atoms with Gasteiger partial charge in [-0.15, -0.1) is 0 Å². The Balaban J connectivity index is 1.74. The predicted molar refractivity (Wildman–Crippen MR) is 93.5 cm³/mol. The number of amides is 2. The Bertz CT molecular complexity index is 556. The van der Waals surface area contributed by atoms with Crippen LogP contribution in [0.25, 0.3) is 0 Å². The fraction of sp³-hybridized carbons (Fsp3) is 0.579. The molecule has 1 heterocycles. The van der Waals surface area contributed by atoms with Crippen molar-refractivity contribution in [1.29, 1.82) is 0 Å². The fourth-order valence-electron chi connectivity index (χ4n) is 3.06. The molecule has 0 radical (unpaired) electrons. The van der Waals surface area contributed by atoms with E-state index < -0.39 is 0 Å². The van der Waals surface area contributed by atoms with Crippen LogP contribution in [0.5, 0.6) is 0 Å². The highest BCUT2D eigenvalue weighted by Gasteiger charge is 2.28. The summed E-state index contributed by atoms with van der Waals surface area (Å²) in [4.78, 5) is 26.0. The lowest BCUT2D eigenvalue weighted by atomic mass is 9.94. The summed E-state index contributed by atoms with van der Waals surface area (Å²) in [5.74, 6) is -0.0148. The lowest BCUT2D eigenvalue weighted by molar-refractivity contribution is -0.136. The van der Waals surface area contributed by atoms with Crippen molar-refractivity contribution in [3.8, 4) is 0 Å². The van der Waals surface area contributed by atoms with Gasteiger partial charge in [-0.05, 0) is 44.6 Å². The van der Waals surface area contributed by atoms with Crippen LogP contribution >= 0.6 is 0 Å². The van der Waals surface area contributed by atoms with Crippen molar-refractivity contribution in [2.24, 2.45) is 5.92 Å². The number of nitrogens with one attached hydrogen (secondary N) is 1. The molecule has 132 valence electrons. The summed E-state index contributed by atoms with van der Waals surface area (Å²) in [5.41, 5.74) is 2.32. The topological polar surface area (TPSA) is 69.6 Å². The molecule has 1 saturated heterocycles. The van der Waals surface area contributed by atoms with E-state index in [0.717, 1.165) is 18.4 Å². The quantitative estimate of drug-likeness (QED) is 0.832. The molecule has 1 aliphatic rings. The van der Waals surface area contributed by atoms with Crippen LogP contribution in [0.4, 0.5) is 0 Å². The van der Waals surface area contributed by atoms with Gasteiger partial charge in [-0.3, -0.25) is 9.59 Å². The van der Waals surface area contributed by atoms with Crippen molar-refractivity contribution in [3.05, 3.63) is 35.4 Å². The minimum atomic E-state index is -0.104. The molecule has 1 aromatic carbocycles. The Morgan fingerprint density at radius 3 is 2.62 bits per heavy atom. The van der Waals surface area contributed by atoms with Gasteiger partial charge in [-0.1, -0.05) is 29.8 Å². The van der Waals surface area contributed by atoms with Crippen LogP contribution in [0.2, 0.25) is 0 Å². The summed E-state index contributed by atoms with van der Waals surface area (Å²) >= 11 is 0. The third-order valence-corrected chi connectivity index (χ3v) is 4.76. The van der Waals surface area contributed by atoms with Crippen LogP contribution < -0.4 is 5.32 Å². The number of benzene rings is 1. The number of piperidine rings is 1. The number of aliphatic hydroxyl groups is 1. The fourth-order valence-corrected chi connectivity index (χ4v) is 3.06. The molecule has 1 fully saturated rings. The number of aliphatic hydroxyl groups excluding tert-OH is 1. The Morgan fingerprint density at radius 1 is 1.25 bits per heavy atom. The normalized spacial score (nSPS) is 20.7. The first-order valence-corrected chi connectivity index (χ1v) is 8.72. The van der Waals surface area contributed by atoms with E-state index in [-0.39, 0.29) is 36.9 Å². The first-order chi connectivity index (χ1) is 11.5. The zero-order chi connectivity index (χ0) is 17.5. The summed E-state index contributed by atoms with van der Waals surface area (Å²) in [6.07, 6.45) is 2.90. The molecule has 2 unspecified atom stereocenters. The monoisotopic (exact) mass is 332 g/mol. The van der Waals surface area contributed by atoms with Crippen LogP contribution in [-0.2, 0) is 16.0 Å². The van der Waals surface area contributed by atoms with Gasteiger partial charge in [0.05, 0.1) is 6.54 Å². The number of likely N-dealkylation sites (tertiary alicyclic amines) is 1. The first-order valence-electron chi connectivity index (χ1n) is 8.72. The summed E-state index contributed by atoms with van der Waals surface area (Å²) in [6.45, 7) is 4.78. The molecule has 2 atom stereocenters. The van der Waals surface area contributed by atoms with Crippen molar-refractivity contribution in [3.63, 3.8) is 0 Å². The Kier molecular flexibility index (Phi) is 6.79. The van der Waals surface area contributed by atoms with Crippen LogP contribution in [0.1, 0.15) is 37.3 Å².